The van der Waals surface area contributed by atoms with Gasteiger partial charge in [0.25, 0.3) is 5.92 Å². The molecule has 1 aromatic carbocycles. The van der Waals surface area contributed by atoms with E-state index in [1.165, 1.54) is 20.9 Å². The molecule has 200 valence electrons. The zero-order valence-corrected chi connectivity index (χ0v) is 21.9. The van der Waals surface area contributed by atoms with Crippen molar-refractivity contribution in [2.75, 3.05) is 31.8 Å². The SMILES string of the molecule is CCOC(=O)CCc1cccc(C(C)(CCC(C)(C)C(F)(F)CS(=O)(=O)CCO)C(=O)NNC)c1. The number of nitrogens with one attached hydrogen (secondary N) is 2. The fraction of sp³-hybridized carbons (Fsp3) is 0.667. The zero-order chi connectivity index (χ0) is 26.9. The summed E-state index contributed by atoms with van der Waals surface area (Å²) < 4.78 is 58.9. The minimum absolute atomic E-state index is 0.00445. The molecule has 1 unspecified atom stereocenters. The van der Waals surface area contributed by atoms with Gasteiger partial charge >= 0.3 is 5.97 Å². The van der Waals surface area contributed by atoms with Crippen LogP contribution in [0.2, 0.25) is 0 Å². The number of aryl methyl sites for hydroxylation is 1. The predicted molar refractivity (Wildman–Crippen MR) is 130 cm³/mol. The first-order chi connectivity index (χ1) is 16.1. The summed E-state index contributed by atoms with van der Waals surface area (Å²) in [5.41, 5.74) is 3.50. The molecule has 35 heavy (non-hydrogen) atoms. The first-order valence-corrected chi connectivity index (χ1v) is 13.4. The van der Waals surface area contributed by atoms with E-state index in [0.717, 1.165) is 5.56 Å². The molecule has 0 aliphatic carbocycles. The molecule has 0 radical (unpaired) electrons. The fourth-order valence-electron chi connectivity index (χ4n) is 3.62. The van der Waals surface area contributed by atoms with E-state index in [0.29, 0.717) is 12.0 Å². The molecule has 0 saturated heterocycles. The highest BCUT2D eigenvalue weighted by Crippen LogP contribution is 2.44. The Bertz CT molecular complexity index is 969. The molecule has 8 nitrogen and oxygen atoms in total. The molecule has 1 amide bonds. The molecule has 1 rings (SSSR count). The van der Waals surface area contributed by atoms with Crippen LogP contribution in [0.5, 0.6) is 0 Å². The molecule has 0 aliphatic heterocycles. The van der Waals surface area contributed by atoms with Gasteiger partial charge in [-0.15, -0.1) is 0 Å². The van der Waals surface area contributed by atoms with Gasteiger partial charge in [-0.2, -0.15) is 0 Å². The van der Waals surface area contributed by atoms with E-state index >= 15 is 8.78 Å². The highest BCUT2D eigenvalue weighted by molar-refractivity contribution is 7.91. The van der Waals surface area contributed by atoms with Crippen molar-refractivity contribution in [2.24, 2.45) is 5.41 Å². The quantitative estimate of drug-likeness (QED) is 0.240. The number of hydrogen-bond acceptors (Lipinski definition) is 7. The Balaban J connectivity index is 3.20. The first kappa shape index (κ1) is 30.9. The predicted octanol–water partition coefficient (Wildman–Crippen LogP) is 2.54. The number of aliphatic hydroxyl groups is 1. The van der Waals surface area contributed by atoms with Crippen LogP contribution in [0.3, 0.4) is 0 Å². The number of carbonyl (C=O) groups excluding carboxylic acids is 2. The monoisotopic (exact) mass is 520 g/mol. The number of ether oxygens (including phenoxy) is 1. The summed E-state index contributed by atoms with van der Waals surface area (Å²) in [4.78, 5) is 24.8. The number of hydrogen-bond donors (Lipinski definition) is 3. The molecular weight excluding hydrogens is 482 g/mol. The van der Waals surface area contributed by atoms with Crippen LogP contribution in [0, 0.1) is 5.41 Å². The molecule has 11 heteroatoms. The molecule has 0 fully saturated rings. The Hall–Kier alpha value is -2.11. The lowest BCUT2D eigenvalue weighted by molar-refractivity contribution is -0.143. The summed E-state index contributed by atoms with van der Waals surface area (Å²) in [5.74, 6) is -6.47. The van der Waals surface area contributed by atoms with Gasteiger partial charge in [0, 0.05) is 18.9 Å². The Labute approximate surface area is 206 Å². The van der Waals surface area contributed by atoms with Crippen molar-refractivity contribution in [3.05, 3.63) is 35.4 Å². The Kier molecular flexibility index (Phi) is 11.2. The molecule has 0 aromatic heterocycles. The maximum atomic E-state index is 15.0. The number of amides is 1. The number of benzene rings is 1. The second kappa shape index (κ2) is 12.7. The van der Waals surface area contributed by atoms with E-state index in [-0.39, 0.29) is 31.8 Å². The van der Waals surface area contributed by atoms with Gasteiger partial charge < -0.3 is 9.84 Å². The summed E-state index contributed by atoms with van der Waals surface area (Å²) >= 11 is 0. The van der Waals surface area contributed by atoms with Crippen LogP contribution in [-0.2, 0) is 36.0 Å². The zero-order valence-electron chi connectivity index (χ0n) is 21.1. The van der Waals surface area contributed by atoms with E-state index in [2.05, 4.69) is 10.9 Å². The molecule has 3 N–H and O–H groups in total. The summed E-state index contributed by atoms with van der Waals surface area (Å²) in [6.45, 7) is 5.45. The molecular formula is C24H38F2N2O6S. The van der Waals surface area contributed by atoms with E-state index in [1.807, 2.05) is 6.07 Å². The molecule has 0 bridgehead atoms. The number of carbonyl (C=O) groups is 2. The van der Waals surface area contributed by atoms with Crippen molar-refractivity contribution in [1.29, 1.82) is 0 Å². The lowest BCUT2D eigenvalue weighted by Gasteiger charge is -2.37. The van der Waals surface area contributed by atoms with Crippen LogP contribution >= 0.6 is 0 Å². The van der Waals surface area contributed by atoms with Crippen molar-refractivity contribution in [3.63, 3.8) is 0 Å². The van der Waals surface area contributed by atoms with Gasteiger partial charge in [-0.1, -0.05) is 38.1 Å². The van der Waals surface area contributed by atoms with Crippen LogP contribution in [-0.4, -0.2) is 63.1 Å². The van der Waals surface area contributed by atoms with Gasteiger partial charge in [-0.25, -0.2) is 22.6 Å². The molecule has 1 atom stereocenters. The van der Waals surface area contributed by atoms with Gasteiger partial charge in [0.05, 0.1) is 24.4 Å². The number of esters is 1. The van der Waals surface area contributed by atoms with Gasteiger partial charge in [0.15, 0.2) is 9.84 Å². The standard InChI is InChI=1S/C24H38F2N2O6S/c1-6-34-20(30)11-10-18-8-7-9-19(16-18)23(4,21(31)28-27-5)13-12-22(2,3)24(25,26)17-35(32,33)15-14-29/h7-9,16,27,29H,6,10-15,17H2,1-5H3,(H,28,31). The lowest BCUT2D eigenvalue weighted by atomic mass is 9.71. The van der Waals surface area contributed by atoms with E-state index in [4.69, 9.17) is 9.84 Å². The number of aliphatic hydroxyl groups excluding tert-OH is 1. The Morgan fingerprint density at radius 1 is 1.14 bits per heavy atom. The van der Waals surface area contributed by atoms with Crippen molar-refractivity contribution in [2.45, 2.75) is 64.7 Å². The van der Waals surface area contributed by atoms with Gasteiger partial charge in [-0.05, 0) is 44.2 Å². The maximum absolute atomic E-state index is 15.0. The van der Waals surface area contributed by atoms with Crippen molar-refractivity contribution >= 4 is 21.7 Å². The van der Waals surface area contributed by atoms with E-state index in [9.17, 15) is 18.0 Å². The summed E-state index contributed by atoms with van der Waals surface area (Å²) in [5, 5.41) is 8.87. The largest absolute Gasteiger partial charge is 0.466 e. The van der Waals surface area contributed by atoms with Crippen molar-refractivity contribution in [3.8, 4) is 0 Å². The lowest BCUT2D eigenvalue weighted by Crippen LogP contribution is -2.49. The van der Waals surface area contributed by atoms with Crippen LogP contribution in [0.4, 0.5) is 8.78 Å². The molecule has 0 heterocycles. The summed E-state index contributed by atoms with van der Waals surface area (Å²) in [7, 11) is -2.64. The minimum Gasteiger partial charge on any atom is -0.466 e. The van der Waals surface area contributed by atoms with Gasteiger partial charge in [0.2, 0.25) is 5.91 Å². The molecule has 1 aromatic rings. The first-order valence-electron chi connectivity index (χ1n) is 11.6. The summed E-state index contributed by atoms with van der Waals surface area (Å²) in [6.07, 6.45) is 0.404. The van der Waals surface area contributed by atoms with E-state index < -0.39 is 50.6 Å². The van der Waals surface area contributed by atoms with Crippen LogP contribution < -0.4 is 10.9 Å². The topological polar surface area (TPSA) is 122 Å². The smallest absolute Gasteiger partial charge is 0.306 e. The van der Waals surface area contributed by atoms with Gasteiger partial charge in [0.1, 0.15) is 5.75 Å². The molecule has 0 saturated carbocycles. The average molecular weight is 521 g/mol. The third-order valence-electron chi connectivity index (χ3n) is 6.27. The second-order valence-corrected chi connectivity index (χ2v) is 11.6. The van der Waals surface area contributed by atoms with Crippen molar-refractivity contribution < 1.29 is 36.6 Å². The molecule has 0 aliphatic rings. The highest BCUT2D eigenvalue weighted by atomic mass is 32.2. The molecule has 0 spiro atoms. The minimum atomic E-state index is -4.15. The Morgan fingerprint density at radius 3 is 2.37 bits per heavy atom. The number of halogens is 2. The van der Waals surface area contributed by atoms with Crippen LogP contribution in [0.15, 0.2) is 24.3 Å². The Morgan fingerprint density at radius 2 is 1.80 bits per heavy atom. The van der Waals surface area contributed by atoms with Crippen LogP contribution in [0.25, 0.3) is 0 Å². The maximum Gasteiger partial charge on any atom is 0.306 e. The van der Waals surface area contributed by atoms with E-state index in [1.54, 1.807) is 32.0 Å². The summed E-state index contributed by atoms with van der Waals surface area (Å²) in [6, 6.07) is 7.04. The fourth-order valence-corrected chi connectivity index (χ4v) is 4.98. The third kappa shape index (κ3) is 8.80. The number of sulfone groups is 1. The normalized spacial score (nSPS) is 14.3. The van der Waals surface area contributed by atoms with Gasteiger partial charge in [-0.3, -0.25) is 15.0 Å². The highest BCUT2D eigenvalue weighted by Gasteiger charge is 2.50. The van der Waals surface area contributed by atoms with Crippen LogP contribution in [0.1, 0.15) is 58.1 Å². The third-order valence-corrected chi connectivity index (χ3v) is 7.88. The number of alkyl halides is 2. The number of rotatable bonds is 15. The average Bonchev–Trinajstić information content (AvgIpc) is 2.75. The van der Waals surface area contributed by atoms with Crippen molar-refractivity contribution in [1.82, 2.24) is 10.9 Å². The number of hydrazine groups is 1. The second-order valence-electron chi connectivity index (χ2n) is 9.45.